The lowest BCUT2D eigenvalue weighted by Gasteiger charge is -2.04. The number of amides is 1. The van der Waals surface area contributed by atoms with Crippen LogP contribution in [0.4, 0.5) is 5.82 Å². The maximum absolute atomic E-state index is 11.2. The molecule has 2 rings (SSSR count). The van der Waals surface area contributed by atoms with Crippen LogP contribution in [-0.2, 0) is 4.79 Å². The van der Waals surface area contributed by atoms with Crippen molar-refractivity contribution in [3.05, 3.63) is 18.6 Å². The Balaban J connectivity index is 1.73. The van der Waals surface area contributed by atoms with Crippen LogP contribution in [0.3, 0.4) is 0 Å². The average molecular weight is 192 g/mol. The van der Waals surface area contributed by atoms with Crippen molar-refractivity contribution in [1.29, 1.82) is 0 Å². The maximum Gasteiger partial charge on any atom is 0.239 e. The Bertz CT molecular complexity index is 310. The predicted molar refractivity (Wildman–Crippen MR) is 51.7 cm³/mol. The van der Waals surface area contributed by atoms with Crippen molar-refractivity contribution >= 4 is 11.7 Å². The summed E-state index contributed by atoms with van der Waals surface area (Å²) >= 11 is 0. The molecule has 0 unspecified atom stereocenters. The molecule has 2 N–H and O–H groups in total. The minimum absolute atomic E-state index is 0.0195. The molecule has 0 radical (unpaired) electrons. The van der Waals surface area contributed by atoms with Gasteiger partial charge in [0.15, 0.2) is 0 Å². The fraction of sp³-hybridized carbons (Fsp3) is 0.444. The second-order valence-corrected chi connectivity index (χ2v) is 3.29. The number of rotatable bonds is 4. The number of nitrogens with zero attached hydrogens (tertiary/aromatic N) is 2. The molecule has 1 heterocycles. The van der Waals surface area contributed by atoms with Crippen molar-refractivity contribution < 1.29 is 4.79 Å². The van der Waals surface area contributed by atoms with Gasteiger partial charge >= 0.3 is 0 Å². The second-order valence-electron chi connectivity index (χ2n) is 3.29. The molecule has 0 aliphatic heterocycles. The molecule has 5 nitrogen and oxygen atoms in total. The largest absolute Gasteiger partial charge is 0.361 e. The first-order valence-corrected chi connectivity index (χ1v) is 4.64. The molecule has 1 aromatic rings. The van der Waals surface area contributed by atoms with E-state index in [-0.39, 0.29) is 12.5 Å². The topological polar surface area (TPSA) is 66.9 Å². The van der Waals surface area contributed by atoms with Gasteiger partial charge in [0.2, 0.25) is 5.91 Å². The number of carbonyl (C=O) groups is 1. The zero-order valence-corrected chi connectivity index (χ0v) is 7.73. The second kappa shape index (κ2) is 4.04. The van der Waals surface area contributed by atoms with Crippen LogP contribution < -0.4 is 10.6 Å². The molecule has 1 fully saturated rings. The first kappa shape index (κ1) is 8.93. The summed E-state index contributed by atoms with van der Waals surface area (Å²) in [5.74, 6) is 0.692. The molecule has 1 aliphatic rings. The van der Waals surface area contributed by atoms with E-state index < -0.39 is 0 Å². The van der Waals surface area contributed by atoms with Crippen LogP contribution in [0.5, 0.6) is 0 Å². The number of aromatic nitrogens is 2. The van der Waals surface area contributed by atoms with E-state index in [1.807, 2.05) is 0 Å². The number of hydrogen-bond acceptors (Lipinski definition) is 4. The molecular weight excluding hydrogens is 180 g/mol. The van der Waals surface area contributed by atoms with E-state index in [2.05, 4.69) is 20.6 Å². The molecule has 0 bridgehead atoms. The zero-order chi connectivity index (χ0) is 9.80. The summed E-state index contributed by atoms with van der Waals surface area (Å²) in [5.41, 5.74) is 0. The lowest BCUT2D eigenvalue weighted by molar-refractivity contribution is -0.119. The van der Waals surface area contributed by atoms with Crippen LogP contribution in [0.25, 0.3) is 0 Å². The van der Waals surface area contributed by atoms with Crippen molar-refractivity contribution in [3.8, 4) is 0 Å². The monoisotopic (exact) mass is 192 g/mol. The van der Waals surface area contributed by atoms with Crippen LogP contribution in [0.2, 0.25) is 0 Å². The van der Waals surface area contributed by atoms with Gasteiger partial charge in [-0.3, -0.25) is 4.79 Å². The minimum atomic E-state index is 0.0195. The normalized spacial score (nSPS) is 14.9. The Labute approximate surface area is 82.0 Å². The van der Waals surface area contributed by atoms with Crippen LogP contribution in [0.1, 0.15) is 12.8 Å². The third-order valence-corrected chi connectivity index (χ3v) is 1.95. The van der Waals surface area contributed by atoms with Crippen molar-refractivity contribution in [2.24, 2.45) is 0 Å². The van der Waals surface area contributed by atoms with Gasteiger partial charge < -0.3 is 10.6 Å². The van der Waals surface area contributed by atoms with Crippen LogP contribution in [0.15, 0.2) is 18.6 Å². The van der Waals surface area contributed by atoms with E-state index in [4.69, 9.17) is 0 Å². The zero-order valence-electron chi connectivity index (χ0n) is 7.73. The summed E-state index contributed by atoms with van der Waals surface area (Å²) in [6.07, 6.45) is 5.30. The fourth-order valence-corrected chi connectivity index (χ4v) is 1.07. The van der Waals surface area contributed by atoms with Crippen molar-refractivity contribution in [1.82, 2.24) is 15.3 Å². The molecule has 1 saturated carbocycles. The number of carbonyl (C=O) groups excluding carboxylic acids is 1. The summed E-state index contributed by atoms with van der Waals surface area (Å²) < 4.78 is 0. The lowest BCUT2D eigenvalue weighted by atomic mass is 10.5. The first-order valence-electron chi connectivity index (χ1n) is 4.64. The molecule has 5 heteroatoms. The van der Waals surface area contributed by atoms with Gasteiger partial charge in [-0.1, -0.05) is 0 Å². The molecule has 1 aromatic heterocycles. The summed E-state index contributed by atoms with van der Waals surface area (Å²) in [6, 6.07) is 2.14. The Morgan fingerprint density at radius 1 is 1.57 bits per heavy atom. The Morgan fingerprint density at radius 3 is 3.07 bits per heavy atom. The molecular formula is C9H12N4O. The molecule has 0 atom stereocenters. The van der Waals surface area contributed by atoms with Gasteiger partial charge in [-0.2, -0.15) is 0 Å². The van der Waals surface area contributed by atoms with Gasteiger partial charge in [0.05, 0.1) is 6.54 Å². The Hall–Kier alpha value is -1.65. The third-order valence-electron chi connectivity index (χ3n) is 1.95. The van der Waals surface area contributed by atoms with Gasteiger partial charge in [-0.15, -0.1) is 0 Å². The molecule has 1 aliphatic carbocycles. The highest BCUT2D eigenvalue weighted by Gasteiger charge is 2.22. The summed E-state index contributed by atoms with van der Waals surface area (Å²) in [5, 5.41) is 5.79. The molecule has 0 saturated heterocycles. The highest BCUT2D eigenvalue weighted by atomic mass is 16.2. The van der Waals surface area contributed by atoms with E-state index >= 15 is 0 Å². The van der Waals surface area contributed by atoms with Gasteiger partial charge in [-0.05, 0) is 18.9 Å². The van der Waals surface area contributed by atoms with Crippen molar-refractivity contribution in [3.63, 3.8) is 0 Å². The standard InChI is InChI=1S/C9H12N4O/c14-9(13-7-1-2-7)5-11-8-3-4-10-6-12-8/h3-4,6-7H,1-2,5H2,(H,13,14)(H,10,11,12). The molecule has 0 spiro atoms. The summed E-state index contributed by atoms with van der Waals surface area (Å²) in [6.45, 7) is 0.271. The van der Waals surface area contributed by atoms with Crippen molar-refractivity contribution in [2.75, 3.05) is 11.9 Å². The highest BCUT2D eigenvalue weighted by Crippen LogP contribution is 2.18. The Morgan fingerprint density at radius 2 is 2.43 bits per heavy atom. The van der Waals surface area contributed by atoms with E-state index in [9.17, 15) is 4.79 Å². The maximum atomic E-state index is 11.2. The fourth-order valence-electron chi connectivity index (χ4n) is 1.07. The van der Waals surface area contributed by atoms with Gasteiger partial charge in [0.1, 0.15) is 12.1 Å². The van der Waals surface area contributed by atoms with Crippen molar-refractivity contribution in [2.45, 2.75) is 18.9 Å². The average Bonchev–Trinajstić information content (AvgIpc) is 3.00. The molecule has 0 aromatic carbocycles. The van der Waals surface area contributed by atoms with Gasteiger partial charge in [0, 0.05) is 12.2 Å². The molecule has 14 heavy (non-hydrogen) atoms. The van der Waals surface area contributed by atoms with Gasteiger partial charge in [0.25, 0.3) is 0 Å². The minimum Gasteiger partial charge on any atom is -0.361 e. The quantitative estimate of drug-likeness (QED) is 0.713. The van der Waals surface area contributed by atoms with Crippen LogP contribution in [0, 0.1) is 0 Å². The van der Waals surface area contributed by atoms with Gasteiger partial charge in [-0.25, -0.2) is 9.97 Å². The molecule has 74 valence electrons. The molecule has 1 amide bonds. The van der Waals surface area contributed by atoms with Crippen LogP contribution in [-0.4, -0.2) is 28.5 Å². The number of nitrogens with one attached hydrogen (secondary N) is 2. The third kappa shape index (κ3) is 2.69. The highest BCUT2D eigenvalue weighted by molar-refractivity contribution is 5.80. The smallest absolute Gasteiger partial charge is 0.239 e. The predicted octanol–water partition coefficient (Wildman–Crippen LogP) is 0.167. The SMILES string of the molecule is O=C(CNc1ccncn1)NC1CC1. The lowest BCUT2D eigenvalue weighted by Crippen LogP contribution is -2.31. The van der Waals surface area contributed by atoms with E-state index in [0.29, 0.717) is 11.9 Å². The van der Waals surface area contributed by atoms with Crippen LogP contribution >= 0.6 is 0 Å². The van der Waals surface area contributed by atoms with E-state index in [1.54, 1.807) is 12.3 Å². The summed E-state index contributed by atoms with van der Waals surface area (Å²) in [4.78, 5) is 19.0. The van der Waals surface area contributed by atoms with E-state index in [0.717, 1.165) is 12.8 Å². The Kier molecular flexibility index (Phi) is 2.58. The van der Waals surface area contributed by atoms with E-state index in [1.165, 1.54) is 6.33 Å². The number of anilines is 1. The summed E-state index contributed by atoms with van der Waals surface area (Å²) in [7, 11) is 0. The first-order chi connectivity index (χ1) is 6.84. The number of hydrogen-bond donors (Lipinski definition) is 2.